The number of amides is 2. The Morgan fingerprint density at radius 2 is 2.00 bits per heavy atom. The molecule has 5 heteroatoms. The van der Waals surface area contributed by atoms with Crippen molar-refractivity contribution >= 4 is 35.8 Å². The van der Waals surface area contributed by atoms with Crippen LogP contribution in [-0.4, -0.2) is 23.6 Å². The van der Waals surface area contributed by atoms with Crippen LogP contribution in [0.4, 0.5) is 0 Å². The highest BCUT2D eigenvalue weighted by Crippen LogP contribution is 2.41. The molecule has 3 nitrogen and oxygen atoms in total. The van der Waals surface area contributed by atoms with Crippen molar-refractivity contribution < 1.29 is 9.59 Å². The summed E-state index contributed by atoms with van der Waals surface area (Å²) in [5.74, 6) is -1.38. The molecule has 11 heavy (non-hydrogen) atoms. The van der Waals surface area contributed by atoms with Gasteiger partial charge < -0.3 is 0 Å². The van der Waals surface area contributed by atoms with Crippen molar-refractivity contribution in [2.45, 2.75) is 19.7 Å². The molecule has 1 aliphatic heterocycles. The van der Waals surface area contributed by atoms with Gasteiger partial charge in [0.25, 0.3) is 0 Å². The minimum absolute atomic E-state index is 0.282. The van der Waals surface area contributed by atoms with Gasteiger partial charge in [0.15, 0.2) is 0 Å². The van der Waals surface area contributed by atoms with Gasteiger partial charge in [-0.1, -0.05) is 13.8 Å². The van der Waals surface area contributed by atoms with Crippen LogP contribution in [0.15, 0.2) is 0 Å². The lowest BCUT2D eigenvalue weighted by Crippen LogP contribution is -2.25. The average Bonchev–Trinajstić information content (AvgIpc) is 2.06. The van der Waals surface area contributed by atoms with E-state index in [9.17, 15) is 9.59 Å². The molecule has 0 aromatic rings. The summed E-state index contributed by atoms with van der Waals surface area (Å²) in [4.78, 5) is 22.3. The van der Waals surface area contributed by atoms with Crippen molar-refractivity contribution in [3.05, 3.63) is 0 Å². The minimum Gasteiger partial charge on any atom is -0.274 e. The molecule has 0 spiro atoms. The zero-order valence-electron chi connectivity index (χ0n) is 6.30. The molecule has 2 amide bonds. The Balaban J connectivity index is 3.06. The van der Waals surface area contributed by atoms with E-state index in [0.717, 1.165) is 3.93 Å². The molecular formula is C6H7BBrNO2. The summed E-state index contributed by atoms with van der Waals surface area (Å²) in [5.41, 5.74) is -0.777. The second-order valence-corrected chi connectivity index (χ2v) is 3.83. The molecule has 0 aliphatic carbocycles. The molecule has 1 atom stereocenters. The Kier molecular flexibility index (Phi) is 1.86. The highest BCUT2D eigenvalue weighted by molar-refractivity contribution is 9.08. The third-order valence-electron chi connectivity index (χ3n) is 1.97. The standard InChI is InChI=1S/C6H7BBrNO2/c1-6(2)3(7)4(10)9(8)5(6)11/h3H,1-2H3. The van der Waals surface area contributed by atoms with Crippen molar-refractivity contribution in [3.63, 3.8) is 0 Å². The molecule has 0 bridgehead atoms. The number of imide groups is 1. The number of nitrogens with zero attached hydrogens (tertiary/aromatic N) is 1. The van der Waals surface area contributed by atoms with Gasteiger partial charge in [0.05, 0.1) is 24.0 Å². The third kappa shape index (κ3) is 1.02. The van der Waals surface area contributed by atoms with E-state index in [1.165, 1.54) is 0 Å². The molecule has 2 radical (unpaired) electrons. The molecule has 0 saturated carbocycles. The molecule has 1 saturated heterocycles. The summed E-state index contributed by atoms with van der Waals surface area (Å²) in [5, 5.41) is 0. The van der Waals surface area contributed by atoms with Gasteiger partial charge in [-0.3, -0.25) is 9.59 Å². The van der Waals surface area contributed by atoms with Gasteiger partial charge in [-0.2, -0.15) is 0 Å². The van der Waals surface area contributed by atoms with E-state index in [4.69, 9.17) is 7.85 Å². The zero-order chi connectivity index (χ0) is 8.81. The van der Waals surface area contributed by atoms with Crippen LogP contribution < -0.4 is 0 Å². The van der Waals surface area contributed by atoms with Gasteiger partial charge in [-0.05, 0) is 0 Å². The first-order valence-electron chi connectivity index (χ1n) is 3.19. The van der Waals surface area contributed by atoms with E-state index in [2.05, 4.69) is 16.1 Å². The molecule has 58 valence electrons. The van der Waals surface area contributed by atoms with Gasteiger partial charge in [-0.25, -0.2) is 3.93 Å². The number of halogens is 1. The van der Waals surface area contributed by atoms with Crippen LogP contribution in [0.25, 0.3) is 0 Å². The van der Waals surface area contributed by atoms with E-state index in [-0.39, 0.29) is 11.8 Å². The lowest BCUT2D eigenvalue weighted by atomic mass is 9.69. The Labute approximate surface area is 74.9 Å². The summed E-state index contributed by atoms with van der Waals surface area (Å²) in [6.07, 6.45) is 0. The van der Waals surface area contributed by atoms with E-state index >= 15 is 0 Å². The van der Waals surface area contributed by atoms with Crippen LogP contribution >= 0.6 is 16.1 Å². The predicted octanol–water partition coefficient (Wildman–Crippen LogP) is 0.648. The number of hydrogen-bond acceptors (Lipinski definition) is 2. The summed E-state index contributed by atoms with van der Waals surface area (Å²) in [6.45, 7) is 3.30. The van der Waals surface area contributed by atoms with Crippen molar-refractivity contribution in [1.82, 2.24) is 3.93 Å². The van der Waals surface area contributed by atoms with E-state index < -0.39 is 11.2 Å². The second-order valence-electron chi connectivity index (χ2n) is 3.12. The fraction of sp³-hybridized carbons (Fsp3) is 0.667. The van der Waals surface area contributed by atoms with Gasteiger partial charge in [0.1, 0.15) is 0 Å². The lowest BCUT2D eigenvalue weighted by molar-refractivity contribution is -0.133. The molecule has 1 heterocycles. The molecular weight excluding hydrogens is 209 g/mol. The second kappa shape index (κ2) is 2.34. The number of rotatable bonds is 0. The van der Waals surface area contributed by atoms with E-state index in [0.29, 0.717) is 0 Å². The molecule has 0 aromatic carbocycles. The van der Waals surface area contributed by atoms with Crippen molar-refractivity contribution in [3.8, 4) is 0 Å². The first-order chi connectivity index (χ1) is 4.89. The van der Waals surface area contributed by atoms with Gasteiger partial charge in [0.2, 0.25) is 11.8 Å². The first kappa shape index (κ1) is 8.78. The van der Waals surface area contributed by atoms with Crippen LogP contribution in [0.1, 0.15) is 13.8 Å². The molecule has 1 unspecified atom stereocenters. The maximum atomic E-state index is 11.2. The highest BCUT2D eigenvalue weighted by atomic mass is 79.9. The largest absolute Gasteiger partial charge is 0.274 e. The monoisotopic (exact) mass is 215 g/mol. The Morgan fingerprint density at radius 1 is 1.55 bits per heavy atom. The summed E-state index contributed by atoms with van der Waals surface area (Å²) < 4.78 is 0.900. The smallest absolute Gasteiger partial charge is 0.245 e. The van der Waals surface area contributed by atoms with Gasteiger partial charge in [0, 0.05) is 11.2 Å². The molecule has 1 fully saturated rings. The van der Waals surface area contributed by atoms with Crippen molar-refractivity contribution in [2.75, 3.05) is 0 Å². The summed E-state index contributed by atoms with van der Waals surface area (Å²) in [7, 11) is 5.49. The van der Waals surface area contributed by atoms with Crippen LogP contribution in [0.5, 0.6) is 0 Å². The third-order valence-corrected chi connectivity index (χ3v) is 2.64. The summed E-state index contributed by atoms with van der Waals surface area (Å²) >= 11 is 2.84. The number of carbonyl (C=O) groups is 2. The highest BCUT2D eigenvalue weighted by Gasteiger charge is 2.49. The van der Waals surface area contributed by atoms with Crippen molar-refractivity contribution in [1.29, 1.82) is 0 Å². The van der Waals surface area contributed by atoms with Crippen LogP contribution in [0.3, 0.4) is 0 Å². The fourth-order valence-electron chi connectivity index (χ4n) is 0.917. The predicted molar refractivity (Wildman–Crippen MR) is 44.1 cm³/mol. The minimum atomic E-state index is -0.777. The molecule has 1 aliphatic rings. The maximum Gasteiger partial charge on any atom is 0.245 e. The summed E-state index contributed by atoms with van der Waals surface area (Å²) in [6, 6.07) is 0. The molecule has 0 aromatic heterocycles. The zero-order valence-corrected chi connectivity index (χ0v) is 7.88. The molecule has 1 rings (SSSR count). The van der Waals surface area contributed by atoms with Crippen LogP contribution in [-0.2, 0) is 9.59 Å². The number of carbonyl (C=O) groups excluding carboxylic acids is 2. The Bertz CT molecular complexity index is 229. The average molecular weight is 216 g/mol. The van der Waals surface area contributed by atoms with Crippen molar-refractivity contribution in [2.24, 2.45) is 5.41 Å². The van der Waals surface area contributed by atoms with E-state index in [1.807, 2.05) is 0 Å². The normalized spacial score (nSPS) is 29.7. The lowest BCUT2D eigenvalue weighted by Gasteiger charge is -2.17. The maximum absolute atomic E-state index is 11.2. The molecule has 0 N–H and O–H groups in total. The van der Waals surface area contributed by atoms with Gasteiger partial charge >= 0.3 is 0 Å². The number of hydrogen-bond donors (Lipinski definition) is 0. The topological polar surface area (TPSA) is 37.4 Å². The Hall–Kier alpha value is -0.315. The van der Waals surface area contributed by atoms with Gasteiger partial charge in [-0.15, -0.1) is 0 Å². The van der Waals surface area contributed by atoms with Crippen LogP contribution in [0, 0.1) is 5.41 Å². The fourth-order valence-corrected chi connectivity index (χ4v) is 1.59. The Morgan fingerprint density at radius 3 is 2.09 bits per heavy atom. The quantitative estimate of drug-likeness (QED) is 0.338. The van der Waals surface area contributed by atoms with E-state index in [1.54, 1.807) is 13.8 Å². The SMILES string of the molecule is [B]C1C(=O)N(Br)C(=O)C1(C)C. The van der Waals surface area contributed by atoms with Crippen LogP contribution in [0.2, 0.25) is 5.82 Å². The first-order valence-corrected chi connectivity index (χ1v) is 3.89.